The summed E-state index contributed by atoms with van der Waals surface area (Å²) in [5.74, 6) is -3.61. The molecule has 1 aliphatic rings. The smallest absolute Gasteiger partial charge is 0.408 e. The number of amides is 2. The van der Waals surface area contributed by atoms with E-state index in [4.69, 9.17) is 16.3 Å². The van der Waals surface area contributed by atoms with Gasteiger partial charge in [0.05, 0.1) is 22.7 Å². The number of carbonyl (C=O) groups is 2. The fraction of sp³-hybridized carbons (Fsp3) is 0.333. The van der Waals surface area contributed by atoms with Gasteiger partial charge in [0.2, 0.25) is 0 Å². The molecule has 0 saturated heterocycles. The lowest BCUT2D eigenvalue weighted by Crippen LogP contribution is -2.67. The quantitative estimate of drug-likeness (QED) is 0.268. The molecular formula is C30H28ClF2N7O3. The van der Waals surface area contributed by atoms with Crippen molar-refractivity contribution in [2.24, 2.45) is 0 Å². The lowest BCUT2D eigenvalue weighted by molar-refractivity contribution is -0.131. The number of fused-ring (bicyclic) bond motifs is 1. The Balaban J connectivity index is 1.49. The number of hydrogen-bond donors (Lipinski definition) is 2. The van der Waals surface area contributed by atoms with E-state index in [9.17, 15) is 23.6 Å². The minimum Gasteiger partial charge on any atom is -0.444 e. The Morgan fingerprint density at radius 1 is 1.14 bits per heavy atom. The maximum Gasteiger partial charge on any atom is 0.408 e. The molecule has 13 heteroatoms. The Morgan fingerprint density at radius 3 is 2.53 bits per heavy atom. The predicted octanol–water partition coefficient (Wildman–Crippen LogP) is 5.71. The third-order valence-corrected chi connectivity index (χ3v) is 6.93. The molecule has 0 aliphatic heterocycles. The number of hydrogen-bond acceptors (Lipinski definition) is 7. The van der Waals surface area contributed by atoms with Gasteiger partial charge in [0.1, 0.15) is 22.1 Å². The first kappa shape index (κ1) is 29.8. The van der Waals surface area contributed by atoms with Crippen LogP contribution in [0.15, 0.2) is 48.7 Å². The highest BCUT2D eigenvalue weighted by Gasteiger charge is 2.57. The highest BCUT2D eigenvalue weighted by molar-refractivity contribution is 6.29. The average molecular weight is 608 g/mol. The minimum absolute atomic E-state index is 0.00125. The highest BCUT2D eigenvalue weighted by Crippen LogP contribution is 2.45. The van der Waals surface area contributed by atoms with Crippen LogP contribution in [0.5, 0.6) is 0 Å². The molecule has 4 aromatic rings. The number of nitrogens with zero attached hydrogens (tertiary/aromatic N) is 5. The van der Waals surface area contributed by atoms with Crippen molar-refractivity contribution in [3.05, 3.63) is 70.8 Å². The van der Waals surface area contributed by atoms with Crippen molar-refractivity contribution in [2.75, 3.05) is 6.54 Å². The van der Waals surface area contributed by atoms with Gasteiger partial charge in [-0.15, -0.1) is 0 Å². The summed E-state index contributed by atoms with van der Waals surface area (Å²) in [6, 6.07) is 13.9. The maximum atomic E-state index is 13.9. The summed E-state index contributed by atoms with van der Waals surface area (Å²) in [6.45, 7) is 6.51. The topological polar surface area (TPSA) is 134 Å². The van der Waals surface area contributed by atoms with Gasteiger partial charge in [-0.2, -0.15) is 10.4 Å². The molecule has 0 bridgehead atoms. The van der Waals surface area contributed by atoms with Gasteiger partial charge in [-0.1, -0.05) is 23.7 Å². The fourth-order valence-corrected chi connectivity index (χ4v) is 5.34. The van der Waals surface area contributed by atoms with E-state index in [1.165, 1.54) is 10.6 Å². The number of aromatic nitrogens is 4. The van der Waals surface area contributed by atoms with Crippen molar-refractivity contribution in [1.82, 2.24) is 30.2 Å². The number of pyridine rings is 1. The van der Waals surface area contributed by atoms with Crippen LogP contribution in [0.1, 0.15) is 55.4 Å². The van der Waals surface area contributed by atoms with Crippen molar-refractivity contribution in [1.29, 1.82) is 5.26 Å². The van der Waals surface area contributed by atoms with Crippen LogP contribution in [0, 0.1) is 18.3 Å². The van der Waals surface area contributed by atoms with E-state index >= 15 is 0 Å². The lowest BCUT2D eigenvalue weighted by Gasteiger charge is -2.47. The molecule has 1 aliphatic carbocycles. The number of nitriles is 1. The van der Waals surface area contributed by atoms with Gasteiger partial charge in [0, 0.05) is 36.8 Å². The van der Waals surface area contributed by atoms with Crippen LogP contribution >= 0.6 is 11.6 Å². The Morgan fingerprint density at radius 2 is 1.88 bits per heavy atom. The van der Waals surface area contributed by atoms with Crippen LogP contribution in [0.3, 0.4) is 0 Å². The van der Waals surface area contributed by atoms with Crippen molar-refractivity contribution in [3.8, 4) is 28.5 Å². The molecule has 0 atom stereocenters. The van der Waals surface area contributed by atoms with Gasteiger partial charge in [0.15, 0.2) is 5.65 Å². The first-order valence-electron chi connectivity index (χ1n) is 13.4. The second-order valence-electron chi connectivity index (χ2n) is 11.6. The SMILES string of the molecule is Cc1cc(-c2c(-c3cccc(C#N)c3)nn3ccc(C(=O)NCC4(NC(=O)OC(C)(C)C)CC(F)(F)C4)nc23)cc(Cl)n1. The molecule has 1 saturated carbocycles. The predicted molar refractivity (Wildman–Crippen MR) is 155 cm³/mol. The summed E-state index contributed by atoms with van der Waals surface area (Å²) >= 11 is 6.28. The van der Waals surface area contributed by atoms with Crippen LogP contribution in [-0.2, 0) is 4.74 Å². The van der Waals surface area contributed by atoms with E-state index in [1.54, 1.807) is 70.3 Å². The van der Waals surface area contributed by atoms with Crippen LogP contribution in [0.4, 0.5) is 13.6 Å². The standard InChI is InChI=1S/C30H28ClF2N7O3/c1-17-10-20(12-22(31)36-17)23-24(19-7-5-6-18(11-19)13-34)39-40-9-8-21(37-25(23)40)26(41)35-16-29(14-30(32,33)15-29)38-27(42)43-28(2,3)4/h5-12H,14-16H2,1-4H3,(H,35,41)(H,38,42). The van der Waals surface area contributed by atoms with Gasteiger partial charge >= 0.3 is 6.09 Å². The number of carbonyl (C=O) groups excluding carboxylic acids is 2. The molecule has 1 aromatic carbocycles. The molecule has 10 nitrogen and oxygen atoms in total. The van der Waals surface area contributed by atoms with E-state index in [1.807, 2.05) is 0 Å². The number of nitrogens with one attached hydrogen (secondary N) is 2. The molecule has 2 amide bonds. The van der Waals surface area contributed by atoms with Crippen molar-refractivity contribution in [2.45, 2.75) is 57.6 Å². The molecule has 3 heterocycles. The maximum absolute atomic E-state index is 13.9. The van der Waals surface area contributed by atoms with Gasteiger partial charge in [-0.3, -0.25) is 4.79 Å². The molecule has 3 aromatic heterocycles. The zero-order valence-corrected chi connectivity index (χ0v) is 24.6. The number of aryl methyl sites for hydroxylation is 1. The van der Waals surface area contributed by atoms with Crippen LogP contribution in [0.25, 0.3) is 28.0 Å². The molecule has 5 rings (SSSR count). The molecule has 0 spiro atoms. The average Bonchev–Trinajstić information content (AvgIpc) is 3.28. The second-order valence-corrected chi connectivity index (χ2v) is 12.0. The first-order valence-corrected chi connectivity index (χ1v) is 13.8. The minimum atomic E-state index is -2.98. The largest absolute Gasteiger partial charge is 0.444 e. The summed E-state index contributed by atoms with van der Waals surface area (Å²) < 4.78 is 34.6. The molecule has 1 fully saturated rings. The second kappa shape index (κ2) is 10.9. The van der Waals surface area contributed by atoms with E-state index in [0.29, 0.717) is 39.3 Å². The van der Waals surface area contributed by atoms with Crippen LogP contribution in [0.2, 0.25) is 5.15 Å². The van der Waals surface area contributed by atoms with E-state index < -0.39 is 41.9 Å². The molecule has 0 unspecified atom stereocenters. The third-order valence-electron chi connectivity index (χ3n) is 6.74. The number of halogens is 3. The Kier molecular flexibility index (Phi) is 7.56. The van der Waals surface area contributed by atoms with Gasteiger partial charge < -0.3 is 15.4 Å². The summed E-state index contributed by atoms with van der Waals surface area (Å²) in [6.07, 6.45) is -0.585. The number of rotatable bonds is 6. The van der Waals surface area contributed by atoms with Gasteiger partial charge in [0.25, 0.3) is 11.8 Å². The fourth-order valence-electron chi connectivity index (χ4n) is 5.09. The zero-order chi connectivity index (χ0) is 31.2. The Labute approximate surface area is 251 Å². The summed E-state index contributed by atoms with van der Waals surface area (Å²) in [7, 11) is 0. The van der Waals surface area contributed by atoms with E-state index in [-0.39, 0.29) is 17.4 Å². The summed E-state index contributed by atoms with van der Waals surface area (Å²) in [5, 5.41) is 19.5. The number of alkyl carbamates (subject to hydrolysis) is 1. The summed E-state index contributed by atoms with van der Waals surface area (Å²) in [4.78, 5) is 34.5. The van der Waals surface area contributed by atoms with E-state index in [0.717, 1.165) is 0 Å². The van der Waals surface area contributed by atoms with Gasteiger partial charge in [-0.05, 0) is 63.6 Å². The Hall–Kier alpha value is -4.63. The normalized spacial score (nSPS) is 15.3. The number of benzene rings is 1. The zero-order valence-electron chi connectivity index (χ0n) is 23.8. The number of ether oxygens (including phenoxy) is 1. The van der Waals surface area contributed by atoms with Crippen molar-refractivity contribution < 1.29 is 23.1 Å². The first-order chi connectivity index (χ1) is 20.2. The highest BCUT2D eigenvalue weighted by atomic mass is 35.5. The van der Waals surface area contributed by atoms with Crippen LogP contribution < -0.4 is 10.6 Å². The number of alkyl halides is 2. The van der Waals surface area contributed by atoms with E-state index in [2.05, 4.69) is 31.8 Å². The summed E-state index contributed by atoms with van der Waals surface area (Å²) in [5.41, 5.74) is 1.56. The molecule has 43 heavy (non-hydrogen) atoms. The van der Waals surface area contributed by atoms with Crippen molar-refractivity contribution >= 4 is 29.2 Å². The lowest BCUT2D eigenvalue weighted by atomic mass is 9.73. The molecule has 2 N–H and O–H groups in total. The van der Waals surface area contributed by atoms with Crippen molar-refractivity contribution in [3.63, 3.8) is 0 Å². The molecular weight excluding hydrogens is 580 g/mol. The monoisotopic (exact) mass is 607 g/mol. The Bertz CT molecular complexity index is 1760. The van der Waals surface area contributed by atoms with Crippen LogP contribution in [-0.4, -0.2) is 55.2 Å². The molecule has 0 radical (unpaired) electrons. The van der Waals surface area contributed by atoms with Gasteiger partial charge in [-0.25, -0.2) is 28.1 Å². The third kappa shape index (κ3) is 6.57. The molecule has 222 valence electrons.